The van der Waals surface area contributed by atoms with E-state index in [9.17, 15) is 14.7 Å². The summed E-state index contributed by atoms with van der Waals surface area (Å²) >= 11 is 0. The van der Waals surface area contributed by atoms with E-state index in [2.05, 4.69) is 32.5 Å². The van der Waals surface area contributed by atoms with Gasteiger partial charge in [-0.05, 0) is 63.1 Å². The van der Waals surface area contributed by atoms with Gasteiger partial charge in [-0.2, -0.15) is 0 Å². The van der Waals surface area contributed by atoms with Gasteiger partial charge in [0.2, 0.25) is 5.95 Å². The number of likely N-dealkylation sites (N-methyl/N-ethyl adjacent to an activating group) is 1. The number of carbonyl (C=O) groups excluding carboxylic acids is 2. The number of aromatic hydroxyl groups is 1. The highest BCUT2D eigenvalue weighted by Gasteiger charge is 2.31. The van der Waals surface area contributed by atoms with E-state index in [-0.39, 0.29) is 24.3 Å². The Hall–Kier alpha value is -4.13. The van der Waals surface area contributed by atoms with Crippen LogP contribution in [0.4, 0.5) is 11.8 Å². The van der Waals surface area contributed by atoms with Crippen LogP contribution in [0.3, 0.4) is 0 Å². The highest BCUT2D eigenvalue weighted by atomic mass is 16.5. The number of aromatic nitrogens is 3. The summed E-state index contributed by atoms with van der Waals surface area (Å²) in [7, 11) is 3.86. The minimum atomic E-state index is -0.480. The van der Waals surface area contributed by atoms with Crippen LogP contribution in [0.25, 0.3) is 11.3 Å². The summed E-state index contributed by atoms with van der Waals surface area (Å²) in [5.41, 5.74) is 3.58. The van der Waals surface area contributed by atoms with Crippen LogP contribution >= 0.6 is 0 Å². The summed E-state index contributed by atoms with van der Waals surface area (Å²) in [4.78, 5) is 40.1. The molecular weight excluding hydrogens is 550 g/mol. The van der Waals surface area contributed by atoms with Gasteiger partial charge in [0.25, 0.3) is 5.91 Å². The number of aliphatic hydroxyl groups is 1. The molecule has 4 heterocycles. The van der Waals surface area contributed by atoms with Crippen molar-refractivity contribution in [2.45, 2.75) is 51.4 Å². The molecule has 230 valence electrons. The summed E-state index contributed by atoms with van der Waals surface area (Å²) in [6, 6.07) is 9.48. The molecule has 2 atom stereocenters. The Morgan fingerprint density at radius 1 is 1.19 bits per heavy atom. The average molecular weight is 592 g/mol. The van der Waals surface area contributed by atoms with Crippen LogP contribution in [-0.2, 0) is 16.1 Å². The number of benzene rings is 1. The Morgan fingerprint density at radius 3 is 2.65 bits per heavy atom. The van der Waals surface area contributed by atoms with Crippen molar-refractivity contribution in [1.82, 2.24) is 25.2 Å². The second kappa shape index (κ2) is 14.9. The summed E-state index contributed by atoms with van der Waals surface area (Å²) in [6.07, 6.45) is 5.66. The van der Waals surface area contributed by atoms with Gasteiger partial charge < -0.3 is 40.2 Å². The molecule has 4 N–H and O–H groups in total. The van der Waals surface area contributed by atoms with E-state index in [1.54, 1.807) is 19.2 Å². The van der Waals surface area contributed by atoms with Crippen LogP contribution in [0.5, 0.6) is 5.75 Å². The maximum absolute atomic E-state index is 12.6. The summed E-state index contributed by atoms with van der Waals surface area (Å²) < 4.78 is 5.36. The van der Waals surface area contributed by atoms with Crippen LogP contribution in [0, 0.1) is 0 Å². The van der Waals surface area contributed by atoms with E-state index in [0.717, 1.165) is 30.5 Å². The number of nitrogens with zero attached hydrogens (tertiary/aromatic N) is 5. The summed E-state index contributed by atoms with van der Waals surface area (Å²) in [5, 5.41) is 25.6. The minimum Gasteiger partial charge on any atom is -0.504 e. The van der Waals surface area contributed by atoms with Crippen molar-refractivity contribution < 1.29 is 24.5 Å². The van der Waals surface area contributed by atoms with Gasteiger partial charge in [-0.3, -0.25) is 4.79 Å². The zero-order chi connectivity index (χ0) is 30.9. The Labute approximate surface area is 252 Å². The number of hydrogen-bond donors (Lipinski definition) is 4. The maximum atomic E-state index is 12.6. The van der Waals surface area contributed by atoms with Gasteiger partial charge in [-0.25, -0.2) is 15.0 Å². The topological polar surface area (TPSA) is 153 Å². The fourth-order valence-electron chi connectivity index (χ4n) is 4.90. The highest BCUT2D eigenvalue weighted by molar-refractivity contribution is 6.00. The number of rotatable bonds is 10. The Kier molecular flexibility index (Phi) is 11.0. The Morgan fingerprint density at radius 2 is 1.95 bits per heavy atom. The fourth-order valence-corrected chi connectivity index (χ4v) is 4.90. The average Bonchev–Trinajstić information content (AvgIpc) is 3.37. The van der Waals surface area contributed by atoms with Gasteiger partial charge in [0.05, 0.1) is 18.8 Å². The largest absolute Gasteiger partial charge is 0.504 e. The zero-order valence-corrected chi connectivity index (χ0v) is 25.2. The number of nitrogens with one attached hydrogen (secondary N) is 2. The van der Waals surface area contributed by atoms with Gasteiger partial charge in [0.1, 0.15) is 17.8 Å². The molecule has 5 rings (SSSR count). The molecule has 0 bridgehead atoms. The normalized spacial score (nSPS) is 16.1. The second-order valence-electron chi connectivity index (χ2n) is 10.7. The number of pyridine rings is 1. The van der Waals surface area contributed by atoms with E-state index in [1.807, 2.05) is 43.3 Å². The van der Waals surface area contributed by atoms with Gasteiger partial charge in [-0.1, -0.05) is 12.1 Å². The lowest BCUT2D eigenvalue weighted by molar-refractivity contribution is -0.111. The SMILES string of the molecule is CC(C=O)N1Cc2ccc(-c3nc(NC4CCOCC4)ncc3O)cc2C1=O.CNC(C)c1ccnc(N(C)CCO)c1. The number of anilines is 2. The number of aliphatic hydroxyl groups excluding tert-OH is 1. The number of hydrogen-bond acceptors (Lipinski definition) is 11. The molecule has 3 aromatic rings. The van der Waals surface area contributed by atoms with Crippen molar-refractivity contribution in [3.63, 3.8) is 0 Å². The minimum absolute atomic E-state index is 0.0546. The summed E-state index contributed by atoms with van der Waals surface area (Å²) in [5.74, 6) is 1.08. The van der Waals surface area contributed by atoms with Crippen molar-refractivity contribution in [3.05, 3.63) is 59.4 Å². The van der Waals surface area contributed by atoms with Crippen molar-refractivity contribution in [2.75, 3.05) is 50.7 Å². The second-order valence-corrected chi connectivity index (χ2v) is 10.7. The third kappa shape index (κ3) is 7.83. The van der Waals surface area contributed by atoms with Gasteiger partial charge in [0, 0.05) is 62.8 Å². The molecule has 0 saturated carbocycles. The molecule has 1 fully saturated rings. The van der Waals surface area contributed by atoms with E-state index >= 15 is 0 Å². The number of amides is 1. The molecule has 1 aromatic carbocycles. The van der Waals surface area contributed by atoms with Gasteiger partial charge in [-0.15, -0.1) is 0 Å². The number of ether oxygens (including phenoxy) is 1. The van der Waals surface area contributed by atoms with Crippen LogP contribution in [-0.4, -0.2) is 94.8 Å². The van der Waals surface area contributed by atoms with Crippen LogP contribution in [0.2, 0.25) is 0 Å². The fraction of sp³-hybridized carbons (Fsp3) is 0.452. The van der Waals surface area contributed by atoms with Crippen molar-refractivity contribution in [1.29, 1.82) is 0 Å². The van der Waals surface area contributed by atoms with E-state index in [1.165, 1.54) is 16.7 Å². The van der Waals surface area contributed by atoms with Gasteiger partial charge in [0.15, 0.2) is 5.75 Å². The maximum Gasteiger partial charge on any atom is 0.255 e. The molecule has 2 aliphatic rings. The van der Waals surface area contributed by atoms with Crippen molar-refractivity contribution in [2.24, 2.45) is 0 Å². The molecule has 0 radical (unpaired) electrons. The molecule has 1 amide bonds. The molecule has 12 heteroatoms. The van der Waals surface area contributed by atoms with Crippen LogP contribution in [0.1, 0.15) is 54.2 Å². The molecule has 2 aromatic heterocycles. The Bertz CT molecular complexity index is 1400. The van der Waals surface area contributed by atoms with E-state index < -0.39 is 6.04 Å². The molecule has 1 saturated heterocycles. The number of fused-ring (bicyclic) bond motifs is 1. The predicted octanol–water partition coefficient (Wildman–Crippen LogP) is 2.77. The standard InChI is InChI=1S/C20H22N4O4.C11H19N3O/c1-12(11-25)24-10-14-3-2-13(8-16(14)19(24)27)18-17(26)9-21-20(23-18)22-15-4-6-28-7-5-15;1-9(12-2)10-4-5-13-11(8-10)14(3)6-7-15/h2-3,8-9,11-12,15,26H,4-7,10H2,1H3,(H,21,22,23);4-5,8-9,12,15H,6-7H2,1-3H3. The molecule has 0 spiro atoms. The van der Waals surface area contributed by atoms with Crippen LogP contribution in [0.15, 0.2) is 42.7 Å². The lowest BCUT2D eigenvalue weighted by atomic mass is 10.0. The predicted molar refractivity (Wildman–Crippen MR) is 164 cm³/mol. The van der Waals surface area contributed by atoms with Gasteiger partial charge >= 0.3 is 0 Å². The monoisotopic (exact) mass is 591 g/mol. The first-order chi connectivity index (χ1) is 20.7. The molecule has 2 unspecified atom stereocenters. The molecular formula is C31H41N7O5. The van der Waals surface area contributed by atoms with E-state index in [0.29, 0.717) is 55.1 Å². The number of carbonyl (C=O) groups is 2. The number of aldehydes is 1. The summed E-state index contributed by atoms with van der Waals surface area (Å²) in [6.45, 7) is 6.35. The third-order valence-corrected chi connectivity index (χ3v) is 7.76. The van der Waals surface area contributed by atoms with Crippen molar-refractivity contribution in [3.8, 4) is 17.0 Å². The lowest BCUT2D eigenvalue weighted by Gasteiger charge is -2.23. The molecule has 2 aliphatic heterocycles. The molecule has 0 aliphatic carbocycles. The third-order valence-electron chi connectivity index (χ3n) is 7.76. The van der Waals surface area contributed by atoms with Crippen LogP contribution < -0.4 is 15.5 Å². The Balaban J connectivity index is 0.000000239. The smallest absolute Gasteiger partial charge is 0.255 e. The highest BCUT2D eigenvalue weighted by Crippen LogP contribution is 2.32. The quantitative estimate of drug-likeness (QED) is 0.258. The first-order valence-corrected chi connectivity index (χ1v) is 14.5. The first-order valence-electron chi connectivity index (χ1n) is 14.5. The first kappa shape index (κ1) is 31.8. The lowest BCUT2D eigenvalue weighted by Crippen LogP contribution is -2.34. The molecule has 43 heavy (non-hydrogen) atoms. The zero-order valence-electron chi connectivity index (χ0n) is 25.2. The molecule has 12 nitrogen and oxygen atoms in total. The van der Waals surface area contributed by atoms with Crippen molar-refractivity contribution >= 4 is 24.0 Å². The van der Waals surface area contributed by atoms with E-state index in [4.69, 9.17) is 9.84 Å².